The highest BCUT2D eigenvalue weighted by atomic mass is 16.5. The normalized spacial score (nSPS) is 24.0. The molecule has 1 unspecified atom stereocenters. The Bertz CT molecular complexity index is 600. The first kappa shape index (κ1) is 14.9. The van der Waals surface area contributed by atoms with Gasteiger partial charge in [-0.1, -0.05) is 12.1 Å². The number of hydrogen-bond acceptors (Lipinski definition) is 3. The second-order valence-electron chi connectivity index (χ2n) is 6.23. The van der Waals surface area contributed by atoms with Crippen molar-refractivity contribution in [1.29, 1.82) is 5.26 Å². The van der Waals surface area contributed by atoms with Crippen LogP contribution in [0, 0.1) is 11.3 Å². The van der Waals surface area contributed by atoms with Crippen LogP contribution in [0.3, 0.4) is 0 Å². The first-order chi connectivity index (χ1) is 10.6. The second-order valence-corrected chi connectivity index (χ2v) is 6.23. The molecule has 22 heavy (non-hydrogen) atoms. The van der Waals surface area contributed by atoms with Gasteiger partial charge in [0.25, 0.3) is 0 Å². The van der Waals surface area contributed by atoms with Crippen molar-refractivity contribution in [2.24, 2.45) is 0 Å². The van der Waals surface area contributed by atoms with Gasteiger partial charge in [0.2, 0.25) is 0 Å². The van der Waals surface area contributed by atoms with Gasteiger partial charge >= 0.3 is 6.09 Å². The summed E-state index contributed by atoms with van der Waals surface area (Å²) in [7, 11) is 0. The molecule has 2 saturated heterocycles. The Labute approximate surface area is 130 Å². The summed E-state index contributed by atoms with van der Waals surface area (Å²) in [5.41, 5.74) is 1.69. The first-order valence-corrected chi connectivity index (χ1v) is 7.74. The molecule has 5 heteroatoms. The number of hydrogen-bond donors (Lipinski definition) is 1. The van der Waals surface area contributed by atoms with E-state index in [1.165, 1.54) is 10.5 Å². The van der Waals surface area contributed by atoms with Gasteiger partial charge in [0.05, 0.1) is 17.2 Å². The Kier molecular flexibility index (Phi) is 4.04. The zero-order valence-electron chi connectivity index (χ0n) is 12.5. The number of rotatable bonds is 1. The highest BCUT2D eigenvalue weighted by Crippen LogP contribution is 2.41. The van der Waals surface area contributed by atoms with Gasteiger partial charge in [0.15, 0.2) is 0 Å². The Balaban J connectivity index is 1.72. The Morgan fingerprint density at radius 1 is 1.41 bits per heavy atom. The van der Waals surface area contributed by atoms with E-state index in [1.807, 2.05) is 18.2 Å². The van der Waals surface area contributed by atoms with E-state index in [0.717, 1.165) is 25.7 Å². The van der Waals surface area contributed by atoms with Crippen LogP contribution < -0.4 is 0 Å². The molecule has 5 nitrogen and oxygen atoms in total. The van der Waals surface area contributed by atoms with Crippen molar-refractivity contribution in [2.75, 3.05) is 19.7 Å². The van der Waals surface area contributed by atoms with Crippen LogP contribution in [0.5, 0.6) is 0 Å². The number of carboxylic acid groups (broad SMARTS) is 1. The Morgan fingerprint density at radius 3 is 2.86 bits per heavy atom. The number of ether oxygens (including phenoxy) is 1. The van der Waals surface area contributed by atoms with Crippen molar-refractivity contribution < 1.29 is 14.6 Å². The van der Waals surface area contributed by atoms with E-state index in [-0.39, 0.29) is 5.60 Å². The molecule has 1 spiro atoms. The van der Waals surface area contributed by atoms with E-state index < -0.39 is 6.09 Å². The highest BCUT2D eigenvalue weighted by Gasteiger charge is 2.41. The minimum absolute atomic E-state index is 0.197. The van der Waals surface area contributed by atoms with Gasteiger partial charge in [-0.05, 0) is 49.3 Å². The third-order valence-corrected chi connectivity index (χ3v) is 4.93. The monoisotopic (exact) mass is 300 g/mol. The summed E-state index contributed by atoms with van der Waals surface area (Å²) in [6, 6.07) is 10.00. The summed E-state index contributed by atoms with van der Waals surface area (Å²) in [5.74, 6) is 0.387. The molecule has 1 N–H and O–H groups in total. The quantitative estimate of drug-likeness (QED) is 0.865. The molecule has 0 aromatic heterocycles. The fourth-order valence-electron chi connectivity index (χ4n) is 3.63. The highest BCUT2D eigenvalue weighted by molar-refractivity contribution is 5.65. The van der Waals surface area contributed by atoms with Crippen molar-refractivity contribution in [1.82, 2.24) is 4.90 Å². The molecule has 1 aromatic rings. The average molecular weight is 300 g/mol. The lowest BCUT2D eigenvalue weighted by molar-refractivity contribution is -0.114. The summed E-state index contributed by atoms with van der Waals surface area (Å²) < 4.78 is 6.06. The molecule has 2 aliphatic rings. The number of likely N-dealkylation sites (tertiary alicyclic amines) is 1. The number of piperidine rings is 1. The minimum atomic E-state index is -0.844. The third kappa shape index (κ3) is 2.93. The molecule has 2 aliphatic heterocycles. The standard InChI is InChI=1S/C17H20N2O3/c18-12-13-2-1-3-14(10-13)15-4-9-22-17(11-15)5-7-19(8-6-17)16(20)21/h1-3,10,15H,4-9,11H2,(H,20,21). The molecule has 0 saturated carbocycles. The Morgan fingerprint density at radius 2 is 2.18 bits per heavy atom. The fourth-order valence-corrected chi connectivity index (χ4v) is 3.63. The summed E-state index contributed by atoms with van der Waals surface area (Å²) in [4.78, 5) is 12.5. The molecular formula is C17H20N2O3. The summed E-state index contributed by atoms with van der Waals surface area (Å²) in [6.45, 7) is 1.79. The Hall–Kier alpha value is -2.06. The first-order valence-electron chi connectivity index (χ1n) is 7.74. The maximum absolute atomic E-state index is 11.0. The lowest BCUT2D eigenvalue weighted by Crippen LogP contribution is -2.50. The van der Waals surface area contributed by atoms with Crippen molar-refractivity contribution in [2.45, 2.75) is 37.2 Å². The van der Waals surface area contributed by atoms with E-state index in [1.54, 1.807) is 0 Å². The van der Waals surface area contributed by atoms with E-state index in [0.29, 0.717) is 31.2 Å². The number of benzene rings is 1. The molecule has 0 aliphatic carbocycles. The van der Waals surface area contributed by atoms with Gasteiger partial charge < -0.3 is 14.7 Å². The lowest BCUT2D eigenvalue weighted by Gasteiger charge is -2.45. The van der Waals surface area contributed by atoms with Crippen LogP contribution in [0.2, 0.25) is 0 Å². The topological polar surface area (TPSA) is 73.6 Å². The predicted molar refractivity (Wildman–Crippen MR) is 80.6 cm³/mol. The number of nitriles is 1. The third-order valence-electron chi connectivity index (χ3n) is 4.93. The van der Waals surface area contributed by atoms with Crippen molar-refractivity contribution in [3.8, 4) is 6.07 Å². The van der Waals surface area contributed by atoms with Gasteiger partial charge in [-0.3, -0.25) is 0 Å². The SMILES string of the molecule is N#Cc1cccc(C2CCOC3(CCN(C(=O)O)CC3)C2)c1. The van der Waals surface area contributed by atoms with Crippen molar-refractivity contribution in [3.63, 3.8) is 0 Å². The van der Waals surface area contributed by atoms with Crippen LogP contribution in [0.25, 0.3) is 0 Å². The van der Waals surface area contributed by atoms with E-state index in [9.17, 15) is 4.79 Å². The van der Waals surface area contributed by atoms with Gasteiger partial charge in [0, 0.05) is 19.7 Å². The zero-order valence-corrected chi connectivity index (χ0v) is 12.5. The van der Waals surface area contributed by atoms with Crippen LogP contribution in [0.15, 0.2) is 24.3 Å². The smallest absolute Gasteiger partial charge is 0.407 e. The van der Waals surface area contributed by atoms with Gasteiger partial charge in [-0.25, -0.2) is 4.79 Å². The number of amides is 1. The predicted octanol–water partition coefficient (Wildman–Crippen LogP) is 2.96. The van der Waals surface area contributed by atoms with Crippen molar-refractivity contribution in [3.05, 3.63) is 35.4 Å². The van der Waals surface area contributed by atoms with Crippen LogP contribution in [-0.4, -0.2) is 41.4 Å². The molecule has 3 rings (SSSR count). The van der Waals surface area contributed by atoms with Crippen LogP contribution in [0.1, 0.15) is 42.7 Å². The van der Waals surface area contributed by atoms with Gasteiger partial charge in [0.1, 0.15) is 0 Å². The second kappa shape index (κ2) is 5.98. The average Bonchev–Trinajstić information content (AvgIpc) is 2.55. The summed E-state index contributed by atoms with van der Waals surface area (Å²) in [6.07, 6.45) is 2.54. The van der Waals surface area contributed by atoms with Gasteiger partial charge in [-0.2, -0.15) is 5.26 Å². The number of nitrogens with zero attached hydrogens (tertiary/aromatic N) is 2. The van der Waals surface area contributed by atoms with E-state index in [4.69, 9.17) is 15.1 Å². The lowest BCUT2D eigenvalue weighted by atomic mass is 9.77. The zero-order chi connectivity index (χ0) is 15.6. The van der Waals surface area contributed by atoms with Gasteiger partial charge in [-0.15, -0.1) is 0 Å². The molecule has 1 aromatic carbocycles. The van der Waals surface area contributed by atoms with Crippen LogP contribution in [-0.2, 0) is 4.74 Å². The molecular weight excluding hydrogens is 280 g/mol. The summed E-state index contributed by atoms with van der Waals surface area (Å²) >= 11 is 0. The molecule has 116 valence electrons. The van der Waals surface area contributed by atoms with E-state index >= 15 is 0 Å². The van der Waals surface area contributed by atoms with Crippen LogP contribution >= 0.6 is 0 Å². The van der Waals surface area contributed by atoms with Crippen molar-refractivity contribution >= 4 is 6.09 Å². The number of carbonyl (C=O) groups is 1. The maximum atomic E-state index is 11.0. The minimum Gasteiger partial charge on any atom is -0.465 e. The maximum Gasteiger partial charge on any atom is 0.407 e. The molecule has 0 bridgehead atoms. The largest absolute Gasteiger partial charge is 0.465 e. The molecule has 1 amide bonds. The molecule has 1 atom stereocenters. The summed E-state index contributed by atoms with van der Waals surface area (Å²) in [5, 5.41) is 18.1. The molecule has 2 heterocycles. The van der Waals surface area contributed by atoms with Crippen LogP contribution in [0.4, 0.5) is 4.79 Å². The molecule has 2 fully saturated rings. The van der Waals surface area contributed by atoms with E-state index in [2.05, 4.69) is 12.1 Å². The molecule has 0 radical (unpaired) electrons. The fraction of sp³-hybridized carbons (Fsp3) is 0.529.